The number of hydrogen-bond donors (Lipinski definition) is 1. The van der Waals surface area contributed by atoms with E-state index in [9.17, 15) is 9.90 Å². The molecule has 144 valence electrons. The number of hydrogen-bond acceptors (Lipinski definition) is 5. The quantitative estimate of drug-likeness (QED) is 0.856. The average molecular weight is 369 g/mol. The monoisotopic (exact) mass is 369 g/mol. The van der Waals surface area contributed by atoms with Crippen molar-refractivity contribution < 1.29 is 9.90 Å². The van der Waals surface area contributed by atoms with Crippen LogP contribution >= 0.6 is 0 Å². The molecule has 2 fully saturated rings. The Balaban J connectivity index is 1.52. The van der Waals surface area contributed by atoms with Crippen LogP contribution in [0.4, 0.5) is 0 Å². The second-order valence-electron chi connectivity index (χ2n) is 7.90. The van der Waals surface area contributed by atoms with Gasteiger partial charge in [-0.3, -0.25) is 9.69 Å². The van der Waals surface area contributed by atoms with Crippen molar-refractivity contribution in [1.29, 1.82) is 0 Å². The molecule has 27 heavy (non-hydrogen) atoms. The first-order valence-electron chi connectivity index (χ1n) is 9.71. The Morgan fingerprint density at radius 2 is 2.00 bits per heavy atom. The second-order valence-corrected chi connectivity index (χ2v) is 7.90. The zero-order valence-electron chi connectivity index (χ0n) is 15.6. The van der Waals surface area contributed by atoms with Crippen molar-refractivity contribution in [3.63, 3.8) is 0 Å². The normalized spacial score (nSPS) is 24.4. The molecule has 0 spiro atoms. The van der Waals surface area contributed by atoms with Crippen molar-refractivity contribution in [2.45, 2.75) is 38.0 Å². The summed E-state index contributed by atoms with van der Waals surface area (Å²) in [5.41, 5.74) is 0.151. The lowest BCUT2D eigenvalue weighted by Crippen LogP contribution is -2.52. The highest BCUT2D eigenvalue weighted by atomic mass is 16.3. The molecule has 1 amide bonds. The smallest absolute Gasteiger partial charge is 0.225 e. The Kier molecular flexibility index (Phi) is 5.22. The molecule has 7 nitrogen and oxygen atoms in total. The fraction of sp³-hybridized carbons (Fsp3) is 0.550. The van der Waals surface area contributed by atoms with E-state index < -0.39 is 5.60 Å². The number of rotatable bonds is 5. The molecule has 1 saturated heterocycles. The van der Waals surface area contributed by atoms with Gasteiger partial charge in [0.25, 0.3) is 0 Å². The molecule has 0 radical (unpaired) electrons. The fourth-order valence-corrected chi connectivity index (χ4v) is 4.04. The molecule has 1 N–H and O–H groups in total. The van der Waals surface area contributed by atoms with Gasteiger partial charge in [0.15, 0.2) is 0 Å². The highest BCUT2D eigenvalue weighted by Crippen LogP contribution is 2.29. The van der Waals surface area contributed by atoms with E-state index in [0.29, 0.717) is 26.2 Å². The van der Waals surface area contributed by atoms with Gasteiger partial charge < -0.3 is 10.0 Å². The van der Waals surface area contributed by atoms with Crippen LogP contribution in [0, 0.1) is 5.92 Å². The number of nitrogens with zero attached hydrogens (tertiary/aromatic N) is 5. The van der Waals surface area contributed by atoms with Crippen LogP contribution in [0.15, 0.2) is 43.0 Å². The van der Waals surface area contributed by atoms with Gasteiger partial charge in [0.2, 0.25) is 5.91 Å². The molecule has 1 aliphatic heterocycles. The van der Waals surface area contributed by atoms with E-state index in [1.807, 2.05) is 23.1 Å². The average Bonchev–Trinajstić information content (AvgIpc) is 3.04. The van der Waals surface area contributed by atoms with Gasteiger partial charge in [0, 0.05) is 32.1 Å². The number of carbonyl (C=O) groups is 1. The number of benzene rings is 1. The van der Waals surface area contributed by atoms with Crippen LogP contribution in [0.25, 0.3) is 0 Å². The van der Waals surface area contributed by atoms with Gasteiger partial charge in [0.1, 0.15) is 18.3 Å². The molecule has 1 saturated carbocycles. The van der Waals surface area contributed by atoms with Gasteiger partial charge in [-0.05, 0) is 18.4 Å². The molecular weight excluding hydrogens is 342 g/mol. The zero-order valence-corrected chi connectivity index (χ0v) is 15.6. The minimum absolute atomic E-state index is 0.140. The lowest BCUT2D eigenvalue weighted by molar-refractivity contribution is -0.141. The van der Waals surface area contributed by atoms with Crippen LogP contribution in [-0.2, 0) is 17.9 Å². The van der Waals surface area contributed by atoms with Gasteiger partial charge in [-0.15, -0.1) is 0 Å². The van der Waals surface area contributed by atoms with E-state index in [0.717, 1.165) is 32.4 Å². The van der Waals surface area contributed by atoms with Gasteiger partial charge in [-0.1, -0.05) is 36.8 Å². The summed E-state index contributed by atoms with van der Waals surface area (Å²) in [7, 11) is 0. The number of amides is 1. The fourth-order valence-electron chi connectivity index (χ4n) is 4.04. The third-order valence-corrected chi connectivity index (χ3v) is 5.63. The largest absolute Gasteiger partial charge is 0.385 e. The zero-order chi connectivity index (χ0) is 18.7. The number of carbonyl (C=O) groups excluding carboxylic acids is 1. The third-order valence-electron chi connectivity index (χ3n) is 5.63. The SMILES string of the molecule is O=C(C1CCC1)N1CCN(Cc2ccccc2)C[C@](O)(Cn2cncn2)C1. The van der Waals surface area contributed by atoms with Gasteiger partial charge in [-0.25, -0.2) is 9.67 Å². The van der Waals surface area contributed by atoms with Crippen molar-refractivity contribution in [2.24, 2.45) is 5.92 Å². The van der Waals surface area contributed by atoms with Gasteiger partial charge >= 0.3 is 0 Å². The Bertz CT molecular complexity index is 747. The first kappa shape index (κ1) is 18.1. The summed E-state index contributed by atoms with van der Waals surface area (Å²) in [5, 5.41) is 15.6. The predicted molar refractivity (Wildman–Crippen MR) is 101 cm³/mol. The molecule has 2 aromatic rings. The number of aliphatic hydroxyl groups is 1. The topological polar surface area (TPSA) is 74.5 Å². The van der Waals surface area contributed by atoms with Crippen LogP contribution in [0.2, 0.25) is 0 Å². The van der Waals surface area contributed by atoms with E-state index in [4.69, 9.17) is 0 Å². The lowest BCUT2D eigenvalue weighted by atomic mass is 9.84. The van der Waals surface area contributed by atoms with Gasteiger partial charge in [-0.2, -0.15) is 5.10 Å². The van der Waals surface area contributed by atoms with Crippen LogP contribution < -0.4 is 0 Å². The van der Waals surface area contributed by atoms with Crippen molar-refractivity contribution in [3.05, 3.63) is 48.5 Å². The molecule has 2 heterocycles. The molecule has 1 aromatic heterocycles. The summed E-state index contributed by atoms with van der Waals surface area (Å²) < 4.78 is 1.65. The lowest BCUT2D eigenvalue weighted by Gasteiger charge is -2.35. The highest BCUT2D eigenvalue weighted by Gasteiger charge is 2.39. The summed E-state index contributed by atoms with van der Waals surface area (Å²) in [6.07, 6.45) is 6.17. The van der Waals surface area contributed by atoms with Crippen molar-refractivity contribution in [3.8, 4) is 0 Å². The minimum Gasteiger partial charge on any atom is -0.385 e. The Hall–Kier alpha value is -2.25. The summed E-state index contributed by atoms with van der Waals surface area (Å²) in [5.74, 6) is 0.334. The van der Waals surface area contributed by atoms with Crippen LogP contribution in [0.5, 0.6) is 0 Å². The van der Waals surface area contributed by atoms with Crippen molar-refractivity contribution >= 4 is 5.91 Å². The summed E-state index contributed by atoms with van der Waals surface area (Å²) in [6.45, 7) is 3.33. The first-order chi connectivity index (χ1) is 13.1. The predicted octanol–water partition coefficient (Wildman–Crippen LogP) is 1.15. The Morgan fingerprint density at radius 1 is 1.19 bits per heavy atom. The van der Waals surface area contributed by atoms with E-state index in [-0.39, 0.29) is 11.8 Å². The van der Waals surface area contributed by atoms with E-state index in [1.54, 1.807) is 11.0 Å². The molecule has 0 unspecified atom stereocenters. The maximum absolute atomic E-state index is 12.8. The minimum atomic E-state index is -1.06. The number of β-amino-alcohol motifs (C(OH)–C–C–N with tert-alkyl or cyclic N) is 1. The summed E-state index contributed by atoms with van der Waals surface area (Å²) in [4.78, 5) is 20.9. The molecule has 4 rings (SSSR count). The Labute approximate surface area is 159 Å². The molecule has 7 heteroatoms. The van der Waals surface area contributed by atoms with Crippen molar-refractivity contribution in [1.82, 2.24) is 24.6 Å². The first-order valence-corrected chi connectivity index (χ1v) is 9.71. The maximum Gasteiger partial charge on any atom is 0.225 e. The van der Waals surface area contributed by atoms with Gasteiger partial charge in [0.05, 0.1) is 13.1 Å². The molecule has 1 aliphatic carbocycles. The van der Waals surface area contributed by atoms with Crippen molar-refractivity contribution in [2.75, 3.05) is 26.2 Å². The third kappa shape index (κ3) is 4.36. The van der Waals surface area contributed by atoms with E-state index in [2.05, 4.69) is 27.1 Å². The molecular formula is C20H27N5O2. The molecule has 2 aliphatic rings. The standard InChI is InChI=1S/C20H27N5O2/c26-19(18-7-4-8-18)24-10-9-23(11-17-5-2-1-3-6-17)12-20(27,13-24)14-25-16-21-15-22-25/h1-3,5-6,15-16,18,27H,4,7-14H2/t20-/m1/s1. The maximum atomic E-state index is 12.8. The molecule has 1 aromatic carbocycles. The molecule has 1 atom stereocenters. The second kappa shape index (κ2) is 7.78. The van der Waals surface area contributed by atoms with Crippen LogP contribution in [0.3, 0.4) is 0 Å². The molecule has 0 bridgehead atoms. The van der Waals surface area contributed by atoms with E-state index >= 15 is 0 Å². The summed E-state index contributed by atoms with van der Waals surface area (Å²) >= 11 is 0. The Morgan fingerprint density at radius 3 is 2.67 bits per heavy atom. The highest BCUT2D eigenvalue weighted by molar-refractivity contribution is 5.79. The summed E-state index contributed by atoms with van der Waals surface area (Å²) in [6, 6.07) is 10.3. The number of aromatic nitrogens is 3. The van der Waals surface area contributed by atoms with Crippen LogP contribution in [-0.4, -0.2) is 67.4 Å². The van der Waals surface area contributed by atoms with E-state index in [1.165, 1.54) is 11.9 Å². The van der Waals surface area contributed by atoms with Crippen LogP contribution in [0.1, 0.15) is 24.8 Å².